The third kappa shape index (κ3) is 4.32. The van der Waals surface area contributed by atoms with Crippen molar-refractivity contribution in [2.45, 2.75) is 25.7 Å². The number of hydrogen-bond acceptors (Lipinski definition) is 8. The Kier molecular flexibility index (Phi) is 5.77. The Labute approximate surface area is 185 Å². The molecule has 1 atom stereocenters. The second-order valence-electron chi connectivity index (χ2n) is 8.21. The summed E-state index contributed by atoms with van der Waals surface area (Å²) in [6.45, 7) is 5.47. The molecule has 2 aliphatic heterocycles. The van der Waals surface area contributed by atoms with Gasteiger partial charge >= 0.3 is 0 Å². The molecular weight excluding hydrogens is 412 g/mol. The van der Waals surface area contributed by atoms with E-state index in [0.29, 0.717) is 45.1 Å². The molecule has 4 heterocycles. The number of hydrogen-bond donors (Lipinski definition) is 0. The van der Waals surface area contributed by atoms with Crippen LogP contribution in [-0.4, -0.2) is 71.0 Å². The van der Waals surface area contributed by atoms with Crippen LogP contribution in [0.4, 0.5) is 0 Å². The first-order chi connectivity index (χ1) is 15.6. The van der Waals surface area contributed by atoms with Gasteiger partial charge in [-0.2, -0.15) is 0 Å². The predicted octanol–water partition coefficient (Wildman–Crippen LogP) is 2.73. The largest absolute Gasteiger partial charge is 0.438 e. The smallest absolute Gasteiger partial charge is 0.291 e. The number of aryl methyl sites for hydroxylation is 1. The Morgan fingerprint density at radius 2 is 1.97 bits per heavy atom. The van der Waals surface area contributed by atoms with Gasteiger partial charge in [-0.25, -0.2) is 4.98 Å². The van der Waals surface area contributed by atoms with E-state index in [2.05, 4.69) is 15.0 Å². The van der Waals surface area contributed by atoms with Crippen LogP contribution in [0, 0.1) is 6.92 Å². The van der Waals surface area contributed by atoms with Crippen molar-refractivity contribution in [2.24, 2.45) is 0 Å². The lowest BCUT2D eigenvalue weighted by molar-refractivity contribution is -0.261. The predicted molar refractivity (Wildman–Crippen MR) is 114 cm³/mol. The van der Waals surface area contributed by atoms with E-state index in [1.807, 2.05) is 36.4 Å². The zero-order valence-corrected chi connectivity index (χ0v) is 18.0. The Morgan fingerprint density at radius 3 is 2.78 bits per heavy atom. The highest BCUT2D eigenvalue weighted by Crippen LogP contribution is 2.27. The third-order valence-corrected chi connectivity index (χ3v) is 5.84. The summed E-state index contributed by atoms with van der Waals surface area (Å²) in [5.74, 6) is -0.0324. The molecule has 168 valence electrons. The van der Waals surface area contributed by atoms with Crippen LogP contribution in [0.1, 0.15) is 28.4 Å². The summed E-state index contributed by atoms with van der Waals surface area (Å²) in [5, 5.41) is 4.22. The van der Waals surface area contributed by atoms with Crippen LogP contribution in [0.25, 0.3) is 11.3 Å². The van der Waals surface area contributed by atoms with Gasteiger partial charge in [0.15, 0.2) is 17.9 Å². The van der Waals surface area contributed by atoms with Gasteiger partial charge in [-0.05, 0) is 13.3 Å². The number of carbonyl (C=O) groups excluding carboxylic acids is 1. The SMILES string of the molecule is Cc1ncoc1C(=O)N1CCOC2(CN(Cc3cc(-c4ccccc4)no3)CCCO2)C1. The molecule has 0 N–H and O–H groups in total. The van der Waals surface area contributed by atoms with Gasteiger partial charge in [-0.3, -0.25) is 9.69 Å². The monoisotopic (exact) mass is 438 g/mol. The lowest BCUT2D eigenvalue weighted by Gasteiger charge is -2.42. The van der Waals surface area contributed by atoms with Crippen molar-refractivity contribution in [3.05, 3.63) is 60.0 Å². The van der Waals surface area contributed by atoms with Crippen molar-refractivity contribution in [2.75, 3.05) is 39.4 Å². The van der Waals surface area contributed by atoms with Gasteiger partial charge in [0.2, 0.25) is 5.76 Å². The average molecular weight is 438 g/mol. The second kappa shape index (κ2) is 8.85. The molecule has 1 aromatic carbocycles. The summed E-state index contributed by atoms with van der Waals surface area (Å²) in [4.78, 5) is 20.9. The van der Waals surface area contributed by atoms with E-state index in [9.17, 15) is 4.79 Å². The number of ether oxygens (including phenoxy) is 2. The van der Waals surface area contributed by atoms with Gasteiger partial charge in [-0.1, -0.05) is 35.5 Å². The maximum Gasteiger partial charge on any atom is 0.291 e. The fraction of sp³-hybridized carbons (Fsp3) is 0.435. The molecule has 2 aliphatic rings. The van der Waals surface area contributed by atoms with Crippen molar-refractivity contribution in [3.8, 4) is 11.3 Å². The van der Waals surface area contributed by atoms with E-state index < -0.39 is 5.79 Å². The van der Waals surface area contributed by atoms with Crippen molar-refractivity contribution < 1.29 is 23.2 Å². The Bertz CT molecular complexity index is 1070. The number of oxazole rings is 1. The minimum absolute atomic E-state index is 0.190. The first-order valence-corrected chi connectivity index (χ1v) is 10.8. The topological polar surface area (TPSA) is 94.1 Å². The number of nitrogens with zero attached hydrogens (tertiary/aromatic N) is 4. The molecule has 1 spiro atoms. The molecule has 0 bridgehead atoms. The fourth-order valence-corrected chi connectivity index (χ4v) is 4.26. The molecule has 0 radical (unpaired) electrons. The van der Waals surface area contributed by atoms with Gasteiger partial charge in [-0.15, -0.1) is 0 Å². The van der Waals surface area contributed by atoms with E-state index in [1.165, 1.54) is 6.39 Å². The summed E-state index contributed by atoms with van der Waals surface area (Å²) >= 11 is 0. The Morgan fingerprint density at radius 1 is 1.12 bits per heavy atom. The second-order valence-corrected chi connectivity index (χ2v) is 8.21. The lowest BCUT2D eigenvalue weighted by Crippen LogP contribution is -2.59. The zero-order valence-electron chi connectivity index (χ0n) is 18.0. The van der Waals surface area contributed by atoms with Gasteiger partial charge in [0.25, 0.3) is 5.91 Å². The van der Waals surface area contributed by atoms with Gasteiger partial charge in [0, 0.05) is 24.7 Å². The molecule has 9 heteroatoms. The van der Waals surface area contributed by atoms with Crippen LogP contribution in [0.5, 0.6) is 0 Å². The van der Waals surface area contributed by atoms with Crippen molar-refractivity contribution in [1.82, 2.24) is 19.9 Å². The molecule has 0 saturated carbocycles. The van der Waals surface area contributed by atoms with Crippen LogP contribution in [0.3, 0.4) is 0 Å². The number of benzene rings is 1. The van der Waals surface area contributed by atoms with Crippen LogP contribution < -0.4 is 0 Å². The molecular formula is C23H26N4O5. The first-order valence-electron chi connectivity index (χ1n) is 10.8. The summed E-state index contributed by atoms with van der Waals surface area (Å²) < 4.78 is 23.2. The van der Waals surface area contributed by atoms with Crippen LogP contribution in [0.15, 0.2) is 51.7 Å². The van der Waals surface area contributed by atoms with Gasteiger partial charge < -0.3 is 23.3 Å². The van der Waals surface area contributed by atoms with Crippen LogP contribution >= 0.6 is 0 Å². The van der Waals surface area contributed by atoms with E-state index in [-0.39, 0.29) is 11.7 Å². The van der Waals surface area contributed by atoms with E-state index in [4.69, 9.17) is 18.4 Å². The van der Waals surface area contributed by atoms with E-state index in [0.717, 1.165) is 30.0 Å². The molecule has 5 rings (SSSR count). The van der Waals surface area contributed by atoms with Crippen LogP contribution in [-0.2, 0) is 16.0 Å². The van der Waals surface area contributed by atoms with E-state index in [1.54, 1.807) is 11.8 Å². The van der Waals surface area contributed by atoms with Crippen LogP contribution in [0.2, 0.25) is 0 Å². The molecule has 32 heavy (non-hydrogen) atoms. The minimum atomic E-state index is -0.888. The molecule has 2 saturated heterocycles. The fourth-order valence-electron chi connectivity index (χ4n) is 4.26. The number of morpholine rings is 1. The van der Waals surface area contributed by atoms with Crippen molar-refractivity contribution in [1.29, 1.82) is 0 Å². The number of rotatable bonds is 4. The highest BCUT2D eigenvalue weighted by Gasteiger charge is 2.43. The minimum Gasteiger partial charge on any atom is -0.438 e. The van der Waals surface area contributed by atoms with Crippen molar-refractivity contribution in [3.63, 3.8) is 0 Å². The number of carbonyl (C=O) groups is 1. The highest BCUT2D eigenvalue weighted by molar-refractivity contribution is 5.92. The van der Waals surface area contributed by atoms with Gasteiger partial charge in [0.1, 0.15) is 5.69 Å². The summed E-state index contributed by atoms with van der Waals surface area (Å²) in [5.41, 5.74) is 2.42. The quantitative estimate of drug-likeness (QED) is 0.614. The number of amides is 1. The standard InChI is InChI=1S/C23H26N4O5/c1-17-21(29-16-24-17)22(28)27-9-11-31-23(15-27)14-26(8-5-10-30-23)13-19-12-20(25-32-19)18-6-3-2-4-7-18/h2-4,6-7,12,16H,5,8-11,13-15H2,1H3. The normalized spacial score (nSPS) is 22.2. The molecule has 9 nitrogen and oxygen atoms in total. The maximum absolute atomic E-state index is 12.9. The molecule has 3 aromatic rings. The zero-order chi connectivity index (χ0) is 22.0. The van der Waals surface area contributed by atoms with Gasteiger partial charge in [0.05, 0.1) is 38.5 Å². The number of aromatic nitrogens is 2. The Balaban J connectivity index is 1.29. The first kappa shape index (κ1) is 20.9. The summed E-state index contributed by atoms with van der Waals surface area (Å²) in [7, 11) is 0. The molecule has 1 amide bonds. The lowest BCUT2D eigenvalue weighted by atomic mass is 10.1. The maximum atomic E-state index is 12.9. The molecule has 2 fully saturated rings. The third-order valence-electron chi connectivity index (χ3n) is 5.84. The molecule has 0 aliphatic carbocycles. The molecule has 2 aromatic heterocycles. The average Bonchev–Trinajstić information content (AvgIpc) is 3.41. The summed E-state index contributed by atoms with van der Waals surface area (Å²) in [6, 6.07) is 11.9. The highest BCUT2D eigenvalue weighted by atomic mass is 16.7. The van der Waals surface area contributed by atoms with E-state index >= 15 is 0 Å². The molecule has 1 unspecified atom stereocenters. The van der Waals surface area contributed by atoms with Crippen molar-refractivity contribution >= 4 is 5.91 Å². The summed E-state index contributed by atoms with van der Waals surface area (Å²) in [6.07, 6.45) is 2.16. The Hall–Kier alpha value is -3.01.